The molecule has 0 amide bonds. The Morgan fingerprint density at radius 3 is 2.00 bits per heavy atom. The molecular formula is C4H7FI2. The van der Waals surface area contributed by atoms with Crippen LogP contribution in [0, 0.1) is 0 Å². The third-order valence-corrected chi connectivity index (χ3v) is 2.81. The maximum atomic E-state index is 11.8. The lowest BCUT2D eigenvalue weighted by Crippen LogP contribution is -2.10. The molecule has 0 aromatic rings. The van der Waals surface area contributed by atoms with Gasteiger partial charge in [0.25, 0.3) is 0 Å². The topological polar surface area (TPSA) is 0 Å². The summed E-state index contributed by atoms with van der Waals surface area (Å²) in [5.74, 6) is 0. The third-order valence-electron chi connectivity index (χ3n) is 0.713. The summed E-state index contributed by atoms with van der Waals surface area (Å²) < 4.78 is 11.6. The molecule has 0 aliphatic heterocycles. The van der Waals surface area contributed by atoms with Crippen molar-refractivity contribution in [2.75, 3.05) is 6.67 Å². The fourth-order valence-corrected chi connectivity index (χ4v) is 0.0945. The van der Waals surface area contributed by atoms with Crippen molar-refractivity contribution >= 4 is 45.2 Å². The van der Waals surface area contributed by atoms with E-state index in [9.17, 15) is 4.39 Å². The van der Waals surface area contributed by atoms with Gasteiger partial charge in [0.1, 0.15) is 8.10 Å². The molecule has 7 heavy (non-hydrogen) atoms. The summed E-state index contributed by atoms with van der Waals surface area (Å²) in [7, 11) is 0. The van der Waals surface area contributed by atoms with Crippen molar-refractivity contribution in [3.05, 3.63) is 0 Å². The van der Waals surface area contributed by atoms with Gasteiger partial charge in [0.2, 0.25) is 0 Å². The molecule has 0 saturated carbocycles. The first kappa shape index (κ1) is 8.39. The Morgan fingerprint density at radius 1 is 1.57 bits per heavy atom. The first-order valence-electron chi connectivity index (χ1n) is 2.06. The number of halogens is 3. The number of hydrogen-bond acceptors (Lipinski definition) is 0. The van der Waals surface area contributed by atoms with E-state index < -0.39 is 0 Å². The summed E-state index contributed by atoms with van der Waals surface area (Å²) in [6, 6.07) is 0. The van der Waals surface area contributed by atoms with Gasteiger partial charge in [0.05, 0.1) is 0 Å². The van der Waals surface area contributed by atoms with Gasteiger partial charge in [-0.05, 0) is 6.42 Å². The molecule has 0 rings (SSSR count). The molecule has 0 aliphatic carbocycles. The van der Waals surface area contributed by atoms with E-state index in [-0.39, 0.29) is 8.10 Å². The second-order valence-electron chi connectivity index (χ2n) is 1.34. The summed E-state index contributed by atoms with van der Waals surface area (Å²) in [4.78, 5) is 0. The van der Waals surface area contributed by atoms with Crippen molar-refractivity contribution in [3.8, 4) is 0 Å². The van der Waals surface area contributed by atoms with Crippen molar-refractivity contribution in [2.45, 2.75) is 14.8 Å². The normalized spacial score (nSPS) is 12.0. The SMILES string of the molecule is CCC(I)(I)CF. The molecule has 0 nitrogen and oxygen atoms in total. The van der Waals surface area contributed by atoms with Crippen molar-refractivity contribution in [2.24, 2.45) is 0 Å². The predicted octanol–water partition coefficient (Wildman–Crippen LogP) is 2.93. The maximum Gasteiger partial charge on any atom is 0.113 e. The highest BCUT2D eigenvalue weighted by molar-refractivity contribution is 14.2. The summed E-state index contributed by atoms with van der Waals surface area (Å²) in [6.07, 6.45) is 0.893. The minimum atomic E-state index is -0.232. The molecule has 0 aromatic carbocycles. The Kier molecular flexibility index (Phi) is 4.10. The van der Waals surface area contributed by atoms with E-state index in [1.807, 2.05) is 6.92 Å². The highest BCUT2D eigenvalue weighted by Crippen LogP contribution is 2.31. The van der Waals surface area contributed by atoms with Crippen LogP contribution in [0.2, 0.25) is 0 Å². The molecule has 0 radical (unpaired) electrons. The molecule has 0 fully saturated rings. The molecule has 0 aliphatic rings. The van der Waals surface area contributed by atoms with Crippen LogP contribution in [0.15, 0.2) is 0 Å². The van der Waals surface area contributed by atoms with E-state index in [1.165, 1.54) is 0 Å². The van der Waals surface area contributed by atoms with Crippen molar-refractivity contribution in [3.63, 3.8) is 0 Å². The number of alkyl halides is 3. The Labute approximate surface area is 70.5 Å². The molecule has 0 spiro atoms. The second-order valence-corrected chi connectivity index (χ2v) is 7.54. The fraction of sp³-hybridized carbons (Fsp3) is 1.00. The van der Waals surface area contributed by atoms with Gasteiger partial charge in [-0.3, -0.25) is 0 Å². The lowest BCUT2D eigenvalue weighted by molar-refractivity contribution is 0.478. The van der Waals surface area contributed by atoms with E-state index in [0.29, 0.717) is 0 Å². The van der Waals surface area contributed by atoms with Crippen LogP contribution in [0.3, 0.4) is 0 Å². The number of hydrogen-bond donors (Lipinski definition) is 0. The van der Waals surface area contributed by atoms with E-state index >= 15 is 0 Å². The molecule has 0 bridgehead atoms. The quantitative estimate of drug-likeness (QED) is 0.540. The summed E-state index contributed by atoms with van der Waals surface area (Å²) in [5, 5.41) is 0. The first-order valence-corrected chi connectivity index (χ1v) is 4.22. The highest BCUT2D eigenvalue weighted by Gasteiger charge is 2.18. The molecule has 0 aromatic heterocycles. The second kappa shape index (κ2) is 3.42. The first-order chi connectivity index (χ1) is 3.12. The monoisotopic (exact) mass is 328 g/mol. The van der Waals surface area contributed by atoms with Crippen LogP contribution in [-0.2, 0) is 0 Å². The molecule has 3 heteroatoms. The van der Waals surface area contributed by atoms with Gasteiger partial charge in [0.15, 0.2) is 0 Å². The Hall–Kier alpha value is 1.39. The molecule has 0 heterocycles. The minimum Gasteiger partial charge on any atom is -0.249 e. The van der Waals surface area contributed by atoms with Crippen molar-refractivity contribution in [1.29, 1.82) is 0 Å². The van der Waals surface area contributed by atoms with Crippen LogP contribution < -0.4 is 0 Å². The van der Waals surface area contributed by atoms with Crippen molar-refractivity contribution < 1.29 is 4.39 Å². The molecule has 0 atom stereocenters. The van der Waals surface area contributed by atoms with Crippen LogP contribution in [0.25, 0.3) is 0 Å². The highest BCUT2D eigenvalue weighted by atomic mass is 127. The van der Waals surface area contributed by atoms with Gasteiger partial charge in [-0.2, -0.15) is 0 Å². The fourth-order valence-electron chi connectivity index (χ4n) is 0.0945. The van der Waals surface area contributed by atoms with Gasteiger partial charge >= 0.3 is 0 Å². The molecule has 44 valence electrons. The van der Waals surface area contributed by atoms with Crippen LogP contribution in [0.4, 0.5) is 4.39 Å². The Balaban J connectivity index is 3.36. The molecule has 0 saturated heterocycles. The maximum absolute atomic E-state index is 11.8. The van der Waals surface area contributed by atoms with Gasteiger partial charge in [-0.15, -0.1) is 0 Å². The zero-order valence-electron chi connectivity index (χ0n) is 4.05. The van der Waals surface area contributed by atoms with E-state index in [4.69, 9.17) is 0 Å². The molecule has 0 unspecified atom stereocenters. The average molecular weight is 328 g/mol. The predicted molar refractivity (Wildman–Crippen MR) is 47.0 cm³/mol. The minimum absolute atomic E-state index is 0.143. The standard InChI is InChI=1S/C4H7FI2/c1-2-4(6,7)3-5/h2-3H2,1H3. The Morgan fingerprint density at radius 2 is 2.00 bits per heavy atom. The summed E-state index contributed by atoms with van der Waals surface area (Å²) >= 11 is 4.23. The zero-order chi connectivity index (χ0) is 5.91. The van der Waals surface area contributed by atoms with Crippen LogP contribution >= 0.6 is 45.2 Å². The zero-order valence-corrected chi connectivity index (χ0v) is 8.36. The largest absolute Gasteiger partial charge is 0.249 e. The van der Waals surface area contributed by atoms with Gasteiger partial charge in [0, 0.05) is 0 Å². The third kappa shape index (κ3) is 3.93. The lowest BCUT2D eigenvalue weighted by atomic mass is 10.4. The van der Waals surface area contributed by atoms with Gasteiger partial charge in [-0.1, -0.05) is 52.1 Å². The smallest absolute Gasteiger partial charge is 0.113 e. The lowest BCUT2D eigenvalue weighted by Gasteiger charge is -2.10. The Bertz CT molecular complexity index is 47.7. The van der Waals surface area contributed by atoms with Crippen LogP contribution in [0.5, 0.6) is 0 Å². The summed E-state index contributed by atoms with van der Waals surface area (Å²) in [6.45, 7) is 1.75. The average Bonchev–Trinajstić information content (AvgIpc) is 1.68. The van der Waals surface area contributed by atoms with E-state index in [1.54, 1.807) is 0 Å². The van der Waals surface area contributed by atoms with Gasteiger partial charge < -0.3 is 0 Å². The van der Waals surface area contributed by atoms with E-state index in [2.05, 4.69) is 45.2 Å². The van der Waals surface area contributed by atoms with Crippen molar-refractivity contribution in [1.82, 2.24) is 0 Å². The summed E-state index contributed by atoms with van der Waals surface area (Å²) in [5.41, 5.74) is 0. The van der Waals surface area contributed by atoms with Crippen LogP contribution in [-0.4, -0.2) is 8.10 Å². The van der Waals surface area contributed by atoms with Crippen LogP contribution in [0.1, 0.15) is 13.3 Å². The van der Waals surface area contributed by atoms with Gasteiger partial charge in [-0.25, -0.2) is 4.39 Å². The number of rotatable bonds is 2. The molecule has 0 N–H and O–H groups in total. The van der Waals surface area contributed by atoms with E-state index in [0.717, 1.165) is 6.42 Å². The molecular weight excluding hydrogens is 321 g/mol.